The third-order valence-corrected chi connectivity index (χ3v) is 4.72. The molecule has 2 heterocycles. The summed E-state index contributed by atoms with van der Waals surface area (Å²) in [6, 6.07) is -0.296. The first kappa shape index (κ1) is 15.6. The molecule has 2 aliphatic rings. The average Bonchev–Trinajstić information content (AvgIpc) is 3.01. The molecule has 0 aromatic carbocycles. The molecule has 7 heteroatoms. The Kier molecular flexibility index (Phi) is 4.11. The number of urea groups is 1. The molecule has 0 aliphatic carbocycles. The van der Waals surface area contributed by atoms with Crippen LogP contribution in [0.25, 0.3) is 0 Å². The van der Waals surface area contributed by atoms with Gasteiger partial charge in [0.05, 0.1) is 13.0 Å². The maximum absolute atomic E-state index is 12.6. The number of aliphatic carboxylic acids is 1. The van der Waals surface area contributed by atoms with E-state index in [-0.39, 0.29) is 23.8 Å². The van der Waals surface area contributed by atoms with E-state index in [1.165, 1.54) is 12.0 Å². The van der Waals surface area contributed by atoms with Gasteiger partial charge in [0.25, 0.3) is 0 Å². The number of carboxylic acids is 1. The Morgan fingerprint density at radius 2 is 1.95 bits per heavy atom. The molecule has 2 amide bonds. The minimum Gasteiger partial charge on any atom is -0.480 e. The van der Waals surface area contributed by atoms with Crippen molar-refractivity contribution in [2.24, 2.45) is 11.8 Å². The molecule has 2 saturated heterocycles. The van der Waals surface area contributed by atoms with Gasteiger partial charge in [0.1, 0.15) is 5.54 Å². The second-order valence-corrected chi connectivity index (χ2v) is 6.13. The SMILES string of the molecule is COC(=O)C1CN(C(=O)N2CCCC2(C)C(=O)O)CC1C. The summed E-state index contributed by atoms with van der Waals surface area (Å²) in [6.07, 6.45) is 1.14. The maximum atomic E-state index is 12.6. The molecule has 21 heavy (non-hydrogen) atoms. The molecule has 2 rings (SSSR count). The summed E-state index contributed by atoms with van der Waals surface area (Å²) >= 11 is 0. The highest BCUT2D eigenvalue weighted by atomic mass is 16.5. The van der Waals surface area contributed by atoms with Gasteiger partial charge in [0.15, 0.2) is 0 Å². The summed E-state index contributed by atoms with van der Waals surface area (Å²) in [5.74, 6) is -1.62. The minimum atomic E-state index is -1.15. The van der Waals surface area contributed by atoms with Crippen LogP contribution in [0.3, 0.4) is 0 Å². The van der Waals surface area contributed by atoms with Crippen molar-refractivity contribution in [3.05, 3.63) is 0 Å². The van der Waals surface area contributed by atoms with Gasteiger partial charge in [-0.2, -0.15) is 0 Å². The number of amides is 2. The third kappa shape index (κ3) is 2.56. The molecule has 0 radical (unpaired) electrons. The molecule has 2 aliphatic heterocycles. The molecule has 7 nitrogen and oxygen atoms in total. The molecule has 3 unspecified atom stereocenters. The van der Waals surface area contributed by atoms with E-state index in [1.54, 1.807) is 11.8 Å². The number of hydrogen-bond donors (Lipinski definition) is 1. The van der Waals surface area contributed by atoms with Crippen LogP contribution in [-0.2, 0) is 14.3 Å². The van der Waals surface area contributed by atoms with Crippen molar-refractivity contribution < 1.29 is 24.2 Å². The van der Waals surface area contributed by atoms with Gasteiger partial charge in [0, 0.05) is 19.6 Å². The van der Waals surface area contributed by atoms with Crippen LogP contribution in [0.1, 0.15) is 26.7 Å². The monoisotopic (exact) mass is 298 g/mol. The molecule has 3 atom stereocenters. The van der Waals surface area contributed by atoms with Crippen molar-refractivity contribution in [1.82, 2.24) is 9.80 Å². The first-order valence-corrected chi connectivity index (χ1v) is 7.19. The lowest BCUT2D eigenvalue weighted by atomic mass is 9.99. The smallest absolute Gasteiger partial charge is 0.329 e. The van der Waals surface area contributed by atoms with Crippen molar-refractivity contribution in [2.45, 2.75) is 32.2 Å². The van der Waals surface area contributed by atoms with E-state index in [0.717, 1.165) is 0 Å². The van der Waals surface area contributed by atoms with E-state index in [4.69, 9.17) is 4.74 Å². The fourth-order valence-electron chi connectivity index (χ4n) is 3.24. The molecule has 0 bridgehead atoms. The van der Waals surface area contributed by atoms with Gasteiger partial charge in [-0.15, -0.1) is 0 Å². The summed E-state index contributed by atoms with van der Waals surface area (Å²) in [5, 5.41) is 9.38. The van der Waals surface area contributed by atoms with Crippen LogP contribution < -0.4 is 0 Å². The molecule has 0 aromatic heterocycles. The first-order valence-electron chi connectivity index (χ1n) is 7.19. The van der Waals surface area contributed by atoms with Crippen LogP contribution in [0.15, 0.2) is 0 Å². The first-order chi connectivity index (χ1) is 9.81. The van der Waals surface area contributed by atoms with Crippen molar-refractivity contribution >= 4 is 18.0 Å². The Labute approximate surface area is 123 Å². The third-order valence-electron chi connectivity index (χ3n) is 4.72. The van der Waals surface area contributed by atoms with Crippen LogP contribution >= 0.6 is 0 Å². The second kappa shape index (κ2) is 5.54. The van der Waals surface area contributed by atoms with Crippen LogP contribution in [0.4, 0.5) is 4.79 Å². The van der Waals surface area contributed by atoms with Crippen molar-refractivity contribution in [3.8, 4) is 0 Å². The number of methoxy groups -OCH3 is 1. The summed E-state index contributed by atoms with van der Waals surface area (Å²) in [4.78, 5) is 38.7. The molecular weight excluding hydrogens is 276 g/mol. The fourth-order valence-corrected chi connectivity index (χ4v) is 3.24. The number of carboxylic acid groups (broad SMARTS) is 1. The number of hydrogen-bond acceptors (Lipinski definition) is 4. The average molecular weight is 298 g/mol. The summed E-state index contributed by atoms with van der Waals surface area (Å²) < 4.78 is 4.75. The Bertz CT molecular complexity index is 466. The van der Waals surface area contributed by atoms with Crippen LogP contribution in [0, 0.1) is 11.8 Å². The van der Waals surface area contributed by atoms with Gasteiger partial charge in [0.2, 0.25) is 0 Å². The number of carbonyl (C=O) groups is 3. The van der Waals surface area contributed by atoms with E-state index in [1.807, 2.05) is 6.92 Å². The number of carbonyl (C=O) groups excluding carboxylic acids is 2. The van der Waals surface area contributed by atoms with Crippen LogP contribution in [-0.4, -0.2) is 65.2 Å². The number of esters is 1. The quantitative estimate of drug-likeness (QED) is 0.761. The highest BCUT2D eigenvalue weighted by Gasteiger charge is 2.49. The minimum absolute atomic E-state index is 0.0140. The van der Waals surface area contributed by atoms with E-state index in [9.17, 15) is 19.5 Å². The predicted octanol–water partition coefficient (Wildman–Crippen LogP) is 0.786. The molecular formula is C14H22N2O5. The van der Waals surface area contributed by atoms with Gasteiger partial charge < -0.3 is 19.6 Å². The summed E-state index contributed by atoms with van der Waals surface area (Å²) in [7, 11) is 1.33. The van der Waals surface area contributed by atoms with Crippen molar-refractivity contribution in [1.29, 1.82) is 0 Å². The summed E-state index contributed by atoms with van der Waals surface area (Å²) in [5.41, 5.74) is -1.15. The van der Waals surface area contributed by atoms with Gasteiger partial charge in [-0.05, 0) is 25.7 Å². The molecule has 0 spiro atoms. The lowest BCUT2D eigenvalue weighted by Gasteiger charge is -2.34. The van der Waals surface area contributed by atoms with E-state index < -0.39 is 11.5 Å². The van der Waals surface area contributed by atoms with E-state index in [2.05, 4.69) is 0 Å². The zero-order valence-corrected chi connectivity index (χ0v) is 12.7. The second-order valence-electron chi connectivity index (χ2n) is 6.13. The number of nitrogens with zero attached hydrogens (tertiary/aromatic N) is 2. The van der Waals surface area contributed by atoms with Gasteiger partial charge in [-0.3, -0.25) is 4.79 Å². The fraction of sp³-hybridized carbons (Fsp3) is 0.786. The number of likely N-dealkylation sites (tertiary alicyclic amines) is 2. The topological polar surface area (TPSA) is 87.2 Å². The van der Waals surface area contributed by atoms with E-state index in [0.29, 0.717) is 32.5 Å². The largest absolute Gasteiger partial charge is 0.480 e. The van der Waals surface area contributed by atoms with Gasteiger partial charge in [-0.25, -0.2) is 9.59 Å². The van der Waals surface area contributed by atoms with Crippen molar-refractivity contribution in [3.63, 3.8) is 0 Å². The summed E-state index contributed by atoms with van der Waals surface area (Å²) in [6.45, 7) is 4.66. The number of ether oxygens (including phenoxy) is 1. The Morgan fingerprint density at radius 3 is 2.52 bits per heavy atom. The zero-order valence-electron chi connectivity index (χ0n) is 12.7. The molecule has 1 N–H and O–H groups in total. The highest BCUT2D eigenvalue weighted by molar-refractivity contribution is 5.87. The predicted molar refractivity (Wildman–Crippen MR) is 73.6 cm³/mol. The van der Waals surface area contributed by atoms with Gasteiger partial charge in [-0.1, -0.05) is 6.92 Å². The Balaban J connectivity index is 2.11. The van der Waals surface area contributed by atoms with E-state index >= 15 is 0 Å². The van der Waals surface area contributed by atoms with Gasteiger partial charge >= 0.3 is 18.0 Å². The molecule has 0 aromatic rings. The zero-order chi connectivity index (χ0) is 15.8. The van der Waals surface area contributed by atoms with Crippen LogP contribution in [0.2, 0.25) is 0 Å². The Morgan fingerprint density at radius 1 is 1.29 bits per heavy atom. The van der Waals surface area contributed by atoms with Crippen molar-refractivity contribution in [2.75, 3.05) is 26.7 Å². The number of rotatable bonds is 2. The Hall–Kier alpha value is -1.79. The standard InChI is InChI=1S/C14H22N2O5/c1-9-7-15(8-10(9)11(17)21-3)13(20)16-6-4-5-14(16,2)12(18)19/h9-10H,4-8H2,1-3H3,(H,18,19). The lowest BCUT2D eigenvalue weighted by Crippen LogP contribution is -2.54. The molecule has 118 valence electrons. The normalized spacial score (nSPS) is 32.3. The maximum Gasteiger partial charge on any atom is 0.329 e. The molecule has 0 saturated carbocycles. The lowest BCUT2D eigenvalue weighted by molar-refractivity contribution is -0.148. The highest BCUT2D eigenvalue weighted by Crippen LogP contribution is 2.32. The van der Waals surface area contributed by atoms with Crippen LogP contribution in [0.5, 0.6) is 0 Å². The molecule has 2 fully saturated rings.